The summed E-state index contributed by atoms with van der Waals surface area (Å²) < 4.78 is 5.26. The lowest BCUT2D eigenvalue weighted by atomic mass is 10.1. The highest BCUT2D eigenvalue weighted by atomic mass is 35.5. The number of halogens is 2. The van der Waals surface area contributed by atoms with Gasteiger partial charge in [-0.3, -0.25) is 9.69 Å². The maximum Gasteiger partial charge on any atom is 0.267 e. The Morgan fingerprint density at radius 1 is 1.52 bits per heavy atom. The molecular formula is C13H19Cl2N3O3. The van der Waals surface area contributed by atoms with Crippen LogP contribution in [0.25, 0.3) is 0 Å². The first-order valence-corrected chi connectivity index (χ1v) is 7.48. The fourth-order valence-electron chi connectivity index (χ4n) is 2.19. The maximum absolute atomic E-state index is 11.9. The van der Waals surface area contributed by atoms with Crippen LogP contribution in [0.15, 0.2) is 6.07 Å². The van der Waals surface area contributed by atoms with Crippen molar-refractivity contribution in [3.8, 4) is 0 Å². The Hall–Kier alpha value is -0.790. The number of carbonyl (C=O) groups excluding carboxylic acids is 1. The van der Waals surface area contributed by atoms with Crippen molar-refractivity contribution in [1.82, 2.24) is 15.2 Å². The van der Waals surface area contributed by atoms with E-state index in [9.17, 15) is 9.90 Å². The van der Waals surface area contributed by atoms with E-state index in [-0.39, 0.29) is 23.3 Å². The number of aromatic nitrogens is 1. The Morgan fingerprint density at radius 2 is 2.19 bits per heavy atom. The number of amides is 1. The molecule has 6 nitrogen and oxygen atoms in total. The fourth-order valence-corrected chi connectivity index (χ4v) is 2.50. The van der Waals surface area contributed by atoms with Gasteiger partial charge in [-0.05, 0) is 13.0 Å². The first-order chi connectivity index (χ1) is 9.87. The molecule has 1 aliphatic rings. The summed E-state index contributed by atoms with van der Waals surface area (Å²) in [4.78, 5) is 16.7. The van der Waals surface area contributed by atoms with Gasteiger partial charge < -0.3 is 20.1 Å². The lowest BCUT2D eigenvalue weighted by Crippen LogP contribution is -2.51. The third kappa shape index (κ3) is 4.86. The molecule has 0 aliphatic carbocycles. The van der Waals surface area contributed by atoms with Gasteiger partial charge in [-0.2, -0.15) is 0 Å². The van der Waals surface area contributed by atoms with Crippen molar-refractivity contribution in [1.29, 1.82) is 0 Å². The van der Waals surface area contributed by atoms with Crippen LogP contribution < -0.4 is 5.32 Å². The number of β-amino-alcohol motifs (C(OH)–C–C–N with tert-alkyl or cyclic N) is 1. The number of hydrogen-bond acceptors (Lipinski definition) is 4. The van der Waals surface area contributed by atoms with E-state index in [2.05, 4.69) is 15.2 Å². The molecular weight excluding hydrogens is 317 g/mol. The third-order valence-corrected chi connectivity index (χ3v) is 3.96. The van der Waals surface area contributed by atoms with Crippen LogP contribution in [-0.2, 0) is 4.74 Å². The van der Waals surface area contributed by atoms with Gasteiger partial charge in [0.15, 0.2) is 0 Å². The zero-order valence-corrected chi connectivity index (χ0v) is 13.3. The minimum atomic E-state index is -1.02. The number of H-pyrrole nitrogens is 1. The number of aromatic amines is 1. The molecule has 2 rings (SSSR count). The molecule has 1 aliphatic heterocycles. The normalized spacial score (nSPS) is 19.2. The smallest absolute Gasteiger partial charge is 0.267 e. The van der Waals surface area contributed by atoms with E-state index in [0.717, 1.165) is 13.1 Å². The van der Waals surface area contributed by atoms with Crippen LogP contribution in [0.5, 0.6) is 0 Å². The number of morpholine rings is 1. The lowest BCUT2D eigenvalue weighted by molar-refractivity contribution is -0.0213. The van der Waals surface area contributed by atoms with Gasteiger partial charge in [0.1, 0.15) is 10.8 Å². The van der Waals surface area contributed by atoms with Gasteiger partial charge in [0.25, 0.3) is 5.91 Å². The van der Waals surface area contributed by atoms with E-state index >= 15 is 0 Å². The van der Waals surface area contributed by atoms with E-state index < -0.39 is 5.60 Å². The molecule has 8 heteroatoms. The first kappa shape index (κ1) is 16.6. The quantitative estimate of drug-likeness (QED) is 0.753. The predicted molar refractivity (Wildman–Crippen MR) is 81.0 cm³/mol. The van der Waals surface area contributed by atoms with Crippen LogP contribution >= 0.6 is 23.2 Å². The van der Waals surface area contributed by atoms with Gasteiger partial charge in [-0.1, -0.05) is 23.2 Å². The van der Waals surface area contributed by atoms with Gasteiger partial charge in [0.2, 0.25) is 0 Å². The molecule has 1 fully saturated rings. The topological polar surface area (TPSA) is 77.6 Å². The van der Waals surface area contributed by atoms with E-state index in [0.29, 0.717) is 24.8 Å². The molecule has 1 saturated heterocycles. The van der Waals surface area contributed by atoms with Crippen molar-refractivity contribution in [2.45, 2.75) is 12.5 Å². The Bertz CT molecular complexity index is 479. The zero-order chi connectivity index (χ0) is 15.5. The molecule has 0 spiro atoms. The Kier molecular flexibility index (Phi) is 5.51. The average molecular weight is 336 g/mol. The van der Waals surface area contributed by atoms with Crippen LogP contribution in [0.4, 0.5) is 0 Å². The van der Waals surface area contributed by atoms with Crippen molar-refractivity contribution in [3.05, 3.63) is 21.9 Å². The molecule has 21 heavy (non-hydrogen) atoms. The molecule has 1 aromatic heterocycles. The highest BCUT2D eigenvalue weighted by Gasteiger charge is 2.26. The molecule has 0 aromatic carbocycles. The third-order valence-electron chi connectivity index (χ3n) is 3.27. The zero-order valence-electron chi connectivity index (χ0n) is 11.8. The summed E-state index contributed by atoms with van der Waals surface area (Å²) in [6, 6.07) is 1.45. The first-order valence-electron chi connectivity index (χ1n) is 6.72. The van der Waals surface area contributed by atoms with Gasteiger partial charge in [-0.15, -0.1) is 0 Å². The highest BCUT2D eigenvalue weighted by Crippen LogP contribution is 2.21. The number of aliphatic hydroxyl groups is 1. The lowest BCUT2D eigenvalue weighted by Gasteiger charge is -2.33. The second-order valence-electron chi connectivity index (χ2n) is 5.41. The SMILES string of the molecule is CC(O)(CNC(=O)c1cc(Cl)c(Cl)[nH]1)CN1CCOCC1. The minimum absolute atomic E-state index is 0.136. The monoisotopic (exact) mass is 335 g/mol. The molecule has 0 bridgehead atoms. The second-order valence-corrected chi connectivity index (χ2v) is 6.20. The molecule has 118 valence electrons. The molecule has 3 N–H and O–H groups in total. The van der Waals surface area contributed by atoms with Crippen molar-refractivity contribution < 1.29 is 14.6 Å². The summed E-state index contributed by atoms with van der Waals surface area (Å²) in [7, 11) is 0. The van der Waals surface area contributed by atoms with Crippen molar-refractivity contribution in [2.75, 3.05) is 39.4 Å². The Morgan fingerprint density at radius 3 is 2.76 bits per heavy atom. The van der Waals surface area contributed by atoms with Crippen LogP contribution in [0.1, 0.15) is 17.4 Å². The molecule has 1 amide bonds. The van der Waals surface area contributed by atoms with Gasteiger partial charge in [-0.25, -0.2) is 0 Å². The molecule has 0 saturated carbocycles. The van der Waals surface area contributed by atoms with E-state index in [4.69, 9.17) is 27.9 Å². The summed E-state index contributed by atoms with van der Waals surface area (Å²) >= 11 is 11.5. The minimum Gasteiger partial charge on any atom is -0.387 e. The standard InChI is InChI=1S/C13H19Cl2N3O3/c1-13(20,8-18-2-4-21-5-3-18)7-16-12(19)10-6-9(14)11(15)17-10/h6,17,20H,2-5,7-8H2,1H3,(H,16,19). The van der Waals surface area contributed by atoms with Gasteiger partial charge >= 0.3 is 0 Å². The number of carbonyl (C=O) groups is 1. The van der Waals surface area contributed by atoms with Crippen molar-refractivity contribution in [2.24, 2.45) is 0 Å². The molecule has 1 unspecified atom stereocenters. The van der Waals surface area contributed by atoms with E-state index in [1.165, 1.54) is 6.07 Å². The average Bonchev–Trinajstić information content (AvgIpc) is 2.77. The number of nitrogens with one attached hydrogen (secondary N) is 2. The number of nitrogens with zero attached hydrogens (tertiary/aromatic N) is 1. The number of hydrogen-bond donors (Lipinski definition) is 3. The van der Waals surface area contributed by atoms with Crippen molar-refractivity contribution in [3.63, 3.8) is 0 Å². The van der Waals surface area contributed by atoms with Crippen LogP contribution in [0.3, 0.4) is 0 Å². The van der Waals surface area contributed by atoms with Gasteiger partial charge in [0.05, 0.1) is 23.8 Å². The highest BCUT2D eigenvalue weighted by molar-refractivity contribution is 6.41. The fraction of sp³-hybridized carbons (Fsp3) is 0.615. The summed E-state index contributed by atoms with van der Waals surface area (Å²) in [5.41, 5.74) is -0.750. The molecule has 1 aromatic rings. The van der Waals surface area contributed by atoms with E-state index in [1.807, 2.05) is 0 Å². The summed E-state index contributed by atoms with van der Waals surface area (Å²) in [6.45, 7) is 5.21. The summed E-state index contributed by atoms with van der Waals surface area (Å²) in [5, 5.41) is 13.6. The van der Waals surface area contributed by atoms with E-state index in [1.54, 1.807) is 6.92 Å². The van der Waals surface area contributed by atoms with Gasteiger partial charge in [0, 0.05) is 26.2 Å². The second kappa shape index (κ2) is 6.98. The summed E-state index contributed by atoms with van der Waals surface area (Å²) in [6.07, 6.45) is 0. The Balaban J connectivity index is 1.84. The largest absolute Gasteiger partial charge is 0.387 e. The Labute approximate surface area is 133 Å². The number of ether oxygens (including phenoxy) is 1. The van der Waals surface area contributed by atoms with Crippen LogP contribution in [-0.4, -0.2) is 65.9 Å². The molecule has 0 radical (unpaired) electrons. The maximum atomic E-state index is 11.9. The van der Waals surface area contributed by atoms with Crippen LogP contribution in [0, 0.1) is 0 Å². The van der Waals surface area contributed by atoms with Crippen molar-refractivity contribution >= 4 is 29.1 Å². The molecule has 2 heterocycles. The summed E-state index contributed by atoms with van der Waals surface area (Å²) in [5.74, 6) is -0.356. The predicted octanol–water partition coefficient (Wildman–Crippen LogP) is 1.13. The number of rotatable bonds is 5. The van der Waals surface area contributed by atoms with Crippen LogP contribution in [0.2, 0.25) is 10.2 Å². The molecule has 1 atom stereocenters.